The number of carboxylic acids is 1. The number of hydrogen-bond donors (Lipinski definition) is 3. The summed E-state index contributed by atoms with van der Waals surface area (Å²) in [6.45, 7) is 1.92. The molecule has 0 aliphatic carbocycles. The average molecular weight is 244 g/mol. The summed E-state index contributed by atoms with van der Waals surface area (Å²) in [6, 6.07) is 3.18. The van der Waals surface area contributed by atoms with Gasteiger partial charge >= 0.3 is 5.97 Å². The predicted octanol–water partition coefficient (Wildman–Crippen LogP) is 1.87. The molecule has 1 aromatic rings. The van der Waals surface area contributed by atoms with Crippen LogP contribution in [-0.4, -0.2) is 22.7 Å². The number of aryl methyl sites for hydroxylation is 1. The maximum Gasteiger partial charge on any atom is 0.304 e. The molecule has 1 atom stereocenters. The number of phenolic OH excluding ortho intramolecular Hbond substituents is 1. The number of rotatable bonds is 4. The van der Waals surface area contributed by atoms with Crippen molar-refractivity contribution in [3.63, 3.8) is 0 Å². The van der Waals surface area contributed by atoms with Crippen molar-refractivity contribution in [3.8, 4) is 5.75 Å². The first kappa shape index (κ1) is 12.8. The van der Waals surface area contributed by atoms with Crippen molar-refractivity contribution < 1.29 is 15.0 Å². The largest absolute Gasteiger partial charge is 0.508 e. The second-order valence-corrected chi connectivity index (χ2v) is 4.04. The van der Waals surface area contributed by atoms with Gasteiger partial charge in [-0.1, -0.05) is 17.7 Å². The van der Waals surface area contributed by atoms with E-state index < -0.39 is 11.9 Å². The molecule has 0 spiro atoms. The SMILES string of the molecule is Cc1ccc(O)c(C(CN)CC(=O)O)c1Cl. The Labute approximate surface area is 98.6 Å². The third-order valence-corrected chi connectivity index (χ3v) is 2.97. The topological polar surface area (TPSA) is 83.5 Å². The maximum atomic E-state index is 10.7. The third-order valence-electron chi connectivity index (χ3n) is 2.46. The second kappa shape index (κ2) is 5.18. The maximum absolute atomic E-state index is 10.7. The summed E-state index contributed by atoms with van der Waals surface area (Å²) in [5, 5.41) is 18.8. The summed E-state index contributed by atoms with van der Waals surface area (Å²) < 4.78 is 0. The zero-order valence-electron chi connectivity index (χ0n) is 8.90. The second-order valence-electron chi connectivity index (χ2n) is 3.66. The molecule has 4 N–H and O–H groups in total. The Balaban J connectivity index is 3.18. The van der Waals surface area contributed by atoms with Gasteiger partial charge in [0.1, 0.15) is 5.75 Å². The van der Waals surface area contributed by atoms with Gasteiger partial charge in [-0.2, -0.15) is 0 Å². The van der Waals surface area contributed by atoms with E-state index in [1.807, 2.05) is 0 Å². The van der Waals surface area contributed by atoms with Crippen LogP contribution in [0, 0.1) is 6.92 Å². The fourth-order valence-corrected chi connectivity index (χ4v) is 1.91. The number of carbonyl (C=O) groups is 1. The molecule has 5 heteroatoms. The van der Waals surface area contributed by atoms with Gasteiger partial charge in [0.2, 0.25) is 0 Å². The fraction of sp³-hybridized carbons (Fsp3) is 0.364. The highest BCUT2D eigenvalue weighted by molar-refractivity contribution is 6.32. The van der Waals surface area contributed by atoms with Crippen LogP contribution in [0.4, 0.5) is 0 Å². The van der Waals surface area contributed by atoms with Crippen molar-refractivity contribution in [3.05, 3.63) is 28.3 Å². The minimum absolute atomic E-state index is 0.00713. The van der Waals surface area contributed by atoms with E-state index in [4.69, 9.17) is 22.4 Å². The molecule has 4 nitrogen and oxygen atoms in total. The smallest absolute Gasteiger partial charge is 0.304 e. The minimum atomic E-state index is -0.965. The van der Waals surface area contributed by atoms with Crippen molar-refractivity contribution >= 4 is 17.6 Å². The summed E-state index contributed by atoms with van der Waals surface area (Å²) in [4.78, 5) is 10.7. The fourth-order valence-electron chi connectivity index (χ4n) is 1.59. The van der Waals surface area contributed by atoms with E-state index >= 15 is 0 Å². The normalized spacial score (nSPS) is 12.4. The highest BCUT2D eigenvalue weighted by Gasteiger charge is 2.21. The molecule has 0 aliphatic rings. The molecule has 16 heavy (non-hydrogen) atoms. The Hall–Kier alpha value is -1.26. The summed E-state index contributed by atoms with van der Waals surface area (Å²) in [5.41, 5.74) is 6.72. The first-order chi connectivity index (χ1) is 7.47. The molecular formula is C11H14ClNO3. The van der Waals surface area contributed by atoms with Gasteiger partial charge in [0, 0.05) is 11.5 Å². The lowest BCUT2D eigenvalue weighted by molar-refractivity contribution is -0.137. The molecule has 0 bridgehead atoms. The highest BCUT2D eigenvalue weighted by atomic mass is 35.5. The van der Waals surface area contributed by atoms with Gasteiger partial charge in [0.15, 0.2) is 0 Å². The quantitative estimate of drug-likeness (QED) is 0.754. The number of hydrogen-bond acceptors (Lipinski definition) is 3. The molecule has 0 saturated carbocycles. The molecular weight excluding hydrogens is 230 g/mol. The van der Waals surface area contributed by atoms with E-state index in [0.29, 0.717) is 10.6 Å². The molecule has 0 aromatic heterocycles. The Morgan fingerprint density at radius 1 is 1.56 bits per heavy atom. The monoisotopic (exact) mass is 243 g/mol. The van der Waals surface area contributed by atoms with E-state index in [0.717, 1.165) is 5.56 Å². The first-order valence-electron chi connectivity index (χ1n) is 4.87. The van der Waals surface area contributed by atoms with Gasteiger partial charge in [-0.25, -0.2) is 0 Å². The van der Waals surface area contributed by atoms with Crippen LogP contribution in [0.15, 0.2) is 12.1 Å². The summed E-state index contributed by atoms with van der Waals surface area (Å²) in [5.74, 6) is -1.44. The van der Waals surface area contributed by atoms with E-state index in [9.17, 15) is 9.90 Å². The van der Waals surface area contributed by atoms with Crippen molar-refractivity contribution in [2.24, 2.45) is 5.73 Å². The Bertz CT molecular complexity index is 406. The van der Waals surface area contributed by atoms with Gasteiger partial charge in [-0.05, 0) is 25.1 Å². The average Bonchev–Trinajstić information content (AvgIpc) is 2.22. The van der Waals surface area contributed by atoms with Gasteiger partial charge in [0.25, 0.3) is 0 Å². The van der Waals surface area contributed by atoms with Crippen LogP contribution in [0.1, 0.15) is 23.5 Å². The molecule has 0 amide bonds. The van der Waals surface area contributed by atoms with Crippen molar-refractivity contribution in [1.29, 1.82) is 0 Å². The molecule has 88 valence electrons. The lowest BCUT2D eigenvalue weighted by Gasteiger charge is -2.17. The third kappa shape index (κ3) is 2.65. The van der Waals surface area contributed by atoms with Crippen LogP contribution >= 0.6 is 11.6 Å². The van der Waals surface area contributed by atoms with Crippen LogP contribution in [0.25, 0.3) is 0 Å². The van der Waals surface area contributed by atoms with Crippen molar-refractivity contribution in [2.45, 2.75) is 19.3 Å². The number of nitrogens with two attached hydrogens (primary N) is 1. The van der Waals surface area contributed by atoms with Gasteiger partial charge in [-0.15, -0.1) is 0 Å². The summed E-state index contributed by atoms with van der Waals surface area (Å²) in [7, 11) is 0. The summed E-state index contributed by atoms with van der Waals surface area (Å²) >= 11 is 6.05. The number of aliphatic carboxylic acids is 1. The zero-order valence-corrected chi connectivity index (χ0v) is 9.66. The van der Waals surface area contributed by atoms with Gasteiger partial charge < -0.3 is 15.9 Å². The molecule has 1 unspecified atom stereocenters. The lowest BCUT2D eigenvalue weighted by Crippen LogP contribution is -2.17. The van der Waals surface area contributed by atoms with Crippen LogP contribution < -0.4 is 5.73 Å². The molecule has 0 fully saturated rings. The molecule has 0 aliphatic heterocycles. The van der Waals surface area contributed by atoms with Crippen LogP contribution in [-0.2, 0) is 4.79 Å². The van der Waals surface area contributed by atoms with E-state index in [1.165, 1.54) is 6.07 Å². The molecule has 0 saturated heterocycles. The number of carboxylic acid groups (broad SMARTS) is 1. The zero-order chi connectivity index (χ0) is 12.3. The molecule has 1 aromatic carbocycles. The number of aromatic hydroxyl groups is 1. The van der Waals surface area contributed by atoms with E-state index in [1.54, 1.807) is 13.0 Å². The minimum Gasteiger partial charge on any atom is -0.508 e. The first-order valence-corrected chi connectivity index (χ1v) is 5.25. The lowest BCUT2D eigenvalue weighted by atomic mass is 9.93. The Morgan fingerprint density at radius 3 is 2.69 bits per heavy atom. The number of benzene rings is 1. The van der Waals surface area contributed by atoms with Crippen molar-refractivity contribution in [1.82, 2.24) is 0 Å². The molecule has 1 rings (SSSR count). The van der Waals surface area contributed by atoms with Gasteiger partial charge in [-0.3, -0.25) is 4.79 Å². The van der Waals surface area contributed by atoms with Crippen LogP contribution in [0.2, 0.25) is 5.02 Å². The number of phenols is 1. The standard InChI is InChI=1S/C11H14ClNO3/c1-6-2-3-8(14)10(11(6)12)7(5-13)4-9(15)16/h2-3,7,14H,4-5,13H2,1H3,(H,15,16). The highest BCUT2D eigenvalue weighted by Crippen LogP contribution is 2.36. The van der Waals surface area contributed by atoms with Crippen LogP contribution in [0.3, 0.4) is 0 Å². The van der Waals surface area contributed by atoms with E-state index in [2.05, 4.69) is 0 Å². The Kier molecular flexibility index (Phi) is 4.15. The van der Waals surface area contributed by atoms with Gasteiger partial charge in [0.05, 0.1) is 11.4 Å². The van der Waals surface area contributed by atoms with Crippen molar-refractivity contribution in [2.75, 3.05) is 6.54 Å². The predicted molar refractivity (Wildman–Crippen MR) is 61.9 cm³/mol. The van der Waals surface area contributed by atoms with Crippen LogP contribution in [0.5, 0.6) is 5.75 Å². The Morgan fingerprint density at radius 2 is 2.19 bits per heavy atom. The molecule has 0 heterocycles. The summed E-state index contributed by atoms with van der Waals surface area (Å²) in [6.07, 6.45) is -0.146. The van der Waals surface area contributed by atoms with E-state index in [-0.39, 0.29) is 18.7 Å². The molecule has 0 radical (unpaired) electrons. The number of halogens is 1.